The van der Waals surface area contributed by atoms with Crippen LogP contribution < -0.4 is 5.73 Å². The summed E-state index contributed by atoms with van der Waals surface area (Å²) in [6.45, 7) is 0.277. The number of furan rings is 1. The Bertz CT molecular complexity index is 297. The normalized spacial score (nSPS) is 15.1. The topological polar surface area (TPSA) is 96.7 Å². The Labute approximate surface area is 81.1 Å². The molecule has 4 N–H and O–H groups in total. The number of carbonyl (C=O) groups is 1. The lowest BCUT2D eigenvalue weighted by Crippen LogP contribution is -2.21. The first-order valence-electron chi connectivity index (χ1n) is 4.30. The lowest BCUT2D eigenvalue weighted by Gasteiger charge is -2.14. The van der Waals surface area contributed by atoms with Crippen LogP contribution in [-0.4, -0.2) is 29.1 Å². The number of hydrogen-bond acceptors (Lipinski definition) is 5. The molecule has 0 aliphatic rings. The van der Waals surface area contributed by atoms with Crippen molar-refractivity contribution in [1.82, 2.24) is 0 Å². The summed E-state index contributed by atoms with van der Waals surface area (Å²) in [6.07, 6.45) is -1.29. The van der Waals surface area contributed by atoms with Gasteiger partial charge in [-0.3, -0.25) is 4.79 Å². The van der Waals surface area contributed by atoms with Gasteiger partial charge in [-0.25, -0.2) is 0 Å². The average Bonchev–Trinajstić information content (AvgIpc) is 2.65. The van der Waals surface area contributed by atoms with Crippen LogP contribution in [0.1, 0.15) is 28.8 Å². The minimum absolute atomic E-state index is 0.124. The summed E-state index contributed by atoms with van der Waals surface area (Å²) >= 11 is 0. The number of rotatable bonds is 5. The van der Waals surface area contributed by atoms with Gasteiger partial charge in [-0.15, -0.1) is 0 Å². The molecular weight excluding hydrogens is 186 g/mol. The summed E-state index contributed by atoms with van der Waals surface area (Å²) in [6, 6.07) is 2.88. The van der Waals surface area contributed by atoms with E-state index in [4.69, 9.17) is 10.2 Å². The second-order valence-corrected chi connectivity index (χ2v) is 2.95. The minimum atomic E-state index is -1.13. The molecule has 1 aromatic rings. The van der Waals surface area contributed by atoms with Gasteiger partial charge in [-0.05, 0) is 25.1 Å². The van der Waals surface area contributed by atoms with Crippen LogP contribution in [0.25, 0.3) is 0 Å². The maximum Gasteiger partial charge on any atom is 0.185 e. The highest BCUT2D eigenvalue weighted by molar-refractivity contribution is 5.70. The van der Waals surface area contributed by atoms with E-state index in [1.807, 2.05) is 0 Å². The third-order valence-corrected chi connectivity index (χ3v) is 1.88. The highest BCUT2D eigenvalue weighted by Crippen LogP contribution is 2.20. The summed E-state index contributed by atoms with van der Waals surface area (Å²) in [5.41, 5.74) is 5.22. The first-order valence-corrected chi connectivity index (χ1v) is 4.30. The second-order valence-electron chi connectivity index (χ2n) is 2.95. The SMILES string of the molecule is NCCC(O)C(O)c1ccc(C=O)o1. The zero-order valence-electron chi connectivity index (χ0n) is 7.59. The van der Waals surface area contributed by atoms with Crippen LogP contribution in [0.5, 0.6) is 0 Å². The van der Waals surface area contributed by atoms with Crippen molar-refractivity contribution in [3.8, 4) is 0 Å². The summed E-state index contributed by atoms with van der Waals surface area (Å²) < 4.78 is 4.94. The van der Waals surface area contributed by atoms with Gasteiger partial charge in [0.05, 0.1) is 6.10 Å². The molecule has 78 valence electrons. The molecule has 0 aliphatic carbocycles. The zero-order valence-corrected chi connectivity index (χ0v) is 7.59. The Hall–Kier alpha value is -1.17. The van der Waals surface area contributed by atoms with E-state index in [0.29, 0.717) is 6.29 Å². The van der Waals surface area contributed by atoms with Crippen molar-refractivity contribution in [2.24, 2.45) is 5.73 Å². The van der Waals surface area contributed by atoms with Crippen molar-refractivity contribution in [2.75, 3.05) is 6.54 Å². The van der Waals surface area contributed by atoms with Gasteiger partial charge >= 0.3 is 0 Å². The quantitative estimate of drug-likeness (QED) is 0.572. The molecule has 0 saturated heterocycles. The fraction of sp³-hybridized carbons (Fsp3) is 0.444. The molecule has 0 fully saturated rings. The van der Waals surface area contributed by atoms with E-state index in [2.05, 4.69) is 0 Å². The minimum Gasteiger partial charge on any atom is -0.455 e. The lowest BCUT2D eigenvalue weighted by atomic mass is 10.1. The van der Waals surface area contributed by atoms with Crippen molar-refractivity contribution >= 4 is 6.29 Å². The Morgan fingerprint density at radius 2 is 2.21 bits per heavy atom. The van der Waals surface area contributed by atoms with Crippen molar-refractivity contribution < 1.29 is 19.4 Å². The van der Waals surface area contributed by atoms with Crippen LogP contribution in [0.2, 0.25) is 0 Å². The van der Waals surface area contributed by atoms with Crippen LogP contribution in [0, 0.1) is 0 Å². The molecule has 1 heterocycles. The van der Waals surface area contributed by atoms with Crippen molar-refractivity contribution in [3.05, 3.63) is 23.7 Å². The summed E-state index contributed by atoms with van der Waals surface area (Å²) in [5.74, 6) is 0.298. The monoisotopic (exact) mass is 199 g/mol. The smallest absolute Gasteiger partial charge is 0.185 e. The third kappa shape index (κ3) is 2.41. The molecule has 5 heteroatoms. The summed E-state index contributed by atoms with van der Waals surface area (Å²) in [7, 11) is 0. The van der Waals surface area contributed by atoms with Crippen LogP contribution in [0.15, 0.2) is 16.5 Å². The van der Waals surface area contributed by atoms with E-state index in [-0.39, 0.29) is 24.5 Å². The van der Waals surface area contributed by atoms with E-state index >= 15 is 0 Å². The van der Waals surface area contributed by atoms with E-state index in [0.717, 1.165) is 0 Å². The fourth-order valence-corrected chi connectivity index (χ4v) is 1.11. The second kappa shape index (κ2) is 4.90. The van der Waals surface area contributed by atoms with Gasteiger partial charge in [0.25, 0.3) is 0 Å². The van der Waals surface area contributed by atoms with Crippen LogP contribution >= 0.6 is 0 Å². The maximum absolute atomic E-state index is 10.3. The third-order valence-electron chi connectivity index (χ3n) is 1.88. The van der Waals surface area contributed by atoms with Gasteiger partial charge in [-0.1, -0.05) is 0 Å². The van der Waals surface area contributed by atoms with Gasteiger partial charge in [0.15, 0.2) is 12.0 Å². The largest absolute Gasteiger partial charge is 0.455 e. The van der Waals surface area contributed by atoms with Gasteiger partial charge in [0.2, 0.25) is 0 Å². The number of hydrogen-bond donors (Lipinski definition) is 3. The Morgan fingerprint density at radius 3 is 2.71 bits per heavy atom. The summed E-state index contributed by atoms with van der Waals surface area (Å²) in [4.78, 5) is 10.3. The molecule has 2 atom stereocenters. The lowest BCUT2D eigenvalue weighted by molar-refractivity contribution is 0.00211. The van der Waals surface area contributed by atoms with E-state index in [9.17, 15) is 15.0 Å². The molecule has 1 aromatic heterocycles. The first kappa shape index (κ1) is 10.9. The maximum atomic E-state index is 10.3. The number of aliphatic hydroxyl groups is 2. The standard InChI is InChI=1S/C9H13NO4/c10-4-3-7(12)9(13)8-2-1-6(5-11)14-8/h1-2,5,7,9,12-13H,3-4,10H2. The van der Waals surface area contributed by atoms with E-state index < -0.39 is 12.2 Å². The summed E-state index contributed by atoms with van der Waals surface area (Å²) in [5, 5.41) is 18.9. The predicted molar refractivity (Wildman–Crippen MR) is 48.7 cm³/mol. The highest BCUT2D eigenvalue weighted by Gasteiger charge is 2.20. The highest BCUT2D eigenvalue weighted by atomic mass is 16.4. The van der Waals surface area contributed by atoms with Gasteiger partial charge in [0.1, 0.15) is 11.9 Å². The number of aldehydes is 1. The van der Waals surface area contributed by atoms with Crippen LogP contribution in [0.3, 0.4) is 0 Å². The van der Waals surface area contributed by atoms with Gasteiger partial charge in [-0.2, -0.15) is 0 Å². The van der Waals surface area contributed by atoms with Crippen molar-refractivity contribution in [3.63, 3.8) is 0 Å². The average molecular weight is 199 g/mol. The molecule has 0 amide bonds. The fourth-order valence-electron chi connectivity index (χ4n) is 1.11. The van der Waals surface area contributed by atoms with Crippen molar-refractivity contribution in [1.29, 1.82) is 0 Å². The van der Waals surface area contributed by atoms with Gasteiger partial charge in [0, 0.05) is 0 Å². The molecule has 14 heavy (non-hydrogen) atoms. The molecule has 0 radical (unpaired) electrons. The zero-order chi connectivity index (χ0) is 10.6. The molecule has 5 nitrogen and oxygen atoms in total. The molecule has 0 spiro atoms. The molecular formula is C9H13NO4. The number of nitrogens with two attached hydrogens (primary N) is 1. The number of aliphatic hydroxyl groups excluding tert-OH is 2. The van der Waals surface area contributed by atoms with Crippen LogP contribution in [0.4, 0.5) is 0 Å². The van der Waals surface area contributed by atoms with E-state index in [1.54, 1.807) is 0 Å². The van der Waals surface area contributed by atoms with E-state index in [1.165, 1.54) is 12.1 Å². The first-order chi connectivity index (χ1) is 6.69. The number of carbonyl (C=O) groups excluding carboxylic acids is 1. The Kier molecular flexibility index (Phi) is 3.82. The van der Waals surface area contributed by atoms with Gasteiger partial charge < -0.3 is 20.4 Å². The Balaban J connectivity index is 2.67. The van der Waals surface area contributed by atoms with Crippen molar-refractivity contribution in [2.45, 2.75) is 18.6 Å². The predicted octanol–water partition coefficient (Wildman–Crippen LogP) is -0.165. The molecule has 0 aromatic carbocycles. The molecule has 0 saturated carbocycles. The molecule has 1 rings (SSSR count). The molecule has 2 unspecified atom stereocenters. The Morgan fingerprint density at radius 1 is 1.50 bits per heavy atom. The molecule has 0 bridgehead atoms. The van der Waals surface area contributed by atoms with Crippen LogP contribution in [-0.2, 0) is 0 Å². The molecule has 0 aliphatic heterocycles.